The third kappa shape index (κ3) is 7.19. The molecule has 0 bridgehead atoms. The van der Waals surface area contributed by atoms with E-state index in [0.29, 0.717) is 10.6 Å². The molecule has 2 aromatic rings. The molecular weight excluding hydrogens is 386 g/mol. The van der Waals surface area contributed by atoms with Gasteiger partial charge < -0.3 is 10.1 Å². The summed E-state index contributed by atoms with van der Waals surface area (Å²) >= 11 is 1.20. The van der Waals surface area contributed by atoms with Gasteiger partial charge in [0.05, 0.1) is 5.69 Å². The minimum Gasteiger partial charge on any atom is -0.444 e. The molecule has 0 saturated carbocycles. The van der Waals surface area contributed by atoms with Crippen molar-refractivity contribution in [1.82, 2.24) is 0 Å². The number of anilines is 2. The summed E-state index contributed by atoms with van der Waals surface area (Å²) in [5.41, 5.74) is -0.446. The van der Waals surface area contributed by atoms with E-state index < -0.39 is 23.4 Å². The molecule has 0 aromatic heterocycles. The molecule has 0 atom stereocenters. The van der Waals surface area contributed by atoms with Gasteiger partial charge in [-0.1, -0.05) is 12.1 Å². The van der Waals surface area contributed by atoms with Crippen LogP contribution in [0, 0.1) is 11.6 Å². The second-order valence-corrected chi connectivity index (χ2v) is 8.04. The smallest absolute Gasteiger partial charge is 0.412 e. The van der Waals surface area contributed by atoms with E-state index in [9.17, 15) is 18.4 Å². The van der Waals surface area contributed by atoms with Crippen LogP contribution in [-0.4, -0.2) is 23.4 Å². The van der Waals surface area contributed by atoms with E-state index in [4.69, 9.17) is 4.74 Å². The van der Waals surface area contributed by atoms with Gasteiger partial charge >= 0.3 is 6.09 Å². The van der Waals surface area contributed by atoms with Crippen molar-refractivity contribution in [2.75, 3.05) is 16.4 Å². The second kappa shape index (κ2) is 9.54. The fourth-order valence-corrected chi connectivity index (χ4v) is 3.04. The summed E-state index contributed by atoms with van der Waals surface area (Å²) < 4.78 is 32.6. The summed E-state index contributed by atoms with van der Waals surface area (Å²) in [6.07, 6.45) is -0.611. The van der Waals surface area contributed by atoms with Crippen molar-refractivity contribution in [2.24, 2.45) is 0 Å². The van der Waals surface area contributed by atoms with Crippen molar-refractivity contribution in [2.45, 2.75) is 37.7 Å². The number of ether oxygens (including phenoxy) is 1. The normalized spacial score (nSPS) is 11.0. The van der Waals surface area contributed by atoms with Crippen molar-refractivity contribution in [3.8, 4) is 0 Å². The maximum Gasteiger partial charge on any atom is 0.412 e. The molecule has 0 saturated heterocycles. The molecule has 0 aliphatic heterocycles. The topological polar surface area (TPSA) is 67.4 Å². The SMILES string of the molecule is CC(C)(C)OC(=O)Nc1ccc(F)c(NC(=O)CCSc2ccccc2F)c1. The Morgan fingerprint density at radius 1 is 1.04 bits per heavy atom. The van der Waals surface area contributed by atoms with Gasteiger partial charge in [0.2, 0.25) is 5.91 Å². The Labute approximate surface area is 166 Å². The highest BCUT2D eigenvalue weighted by molar-refractivity contribution is 7.99. The minimum absolute atomic E-state index is 0.0607. The third-order valence-electron chi connectivity index (χ3n) is 3.31. The van der Waals surface area contributed by atoms with E-state index in [2.05, 4.69) is 10.6 Å². The lowest BCUT2D eigenvalue weighted by atomic mass is 10.2. The Morgan fingerprint density at radius 3 is 2.43 bits per heavy atom. The first-order chi connectivity index (χ1) is 13.1. The molecule has 0 radical (unpaired) electrons. The molecule has 0 aliphatic carbocycles. The maximum atomic E-state index is 14.0. The number of benzene rings is 2. The van der Waals surface area contributed by atoms with Crippen LogP contribution in [0.25, 0.3) is 0 Å². The van der Waals surface area contributed by atoms with Crippen molar-refractivity contribution < 1.29 is 23.1 Å². The minimum atomic E-state index is -0.683. The van der Waals surface area contributed by atoms with E-state index in [1.807, 2.05) is 0 Å². The Kier molecular flexibility index (Phi) is 7.39. The number of carbonyl (C=O) groups excluding carboxylic acids is 2. The fourth-order valence-electron chi connectivity index (χ4n) is 2.15. The van der Waals surface area contributed by atoms with Crippen molar-refractivity contribution in [1.29, 1.82) is 0 Å². The number of amides is 2. The maximum absolute atomic E-state index is 14.0. The number of carbonyl (C=O) groups is 2. The van der Waals surface area contributed by atoms with Gasteiger partial charge in [0.25, 0.3) is 0 Å². The Balaban J connectivity index is 1.91. The lowest BCUT2D eigenvalue weighted by molar-refractivity contribution is -0.115. The molecule has 0 unspecified atom stereocenters. The first kappa shape index (κ1) is 21.7. The first-order valence-electron chi connectivity index (χ1n) is 8.61. The molecule has 0 heterocycles. The van der Waals surface area contributed by atoms with Gasteiger partial charge in [-0.2, -0.15) is 0 Å². The number of thioether (sulfide) groups is 1. The summed E-state index contributed by atoms with van der Waals surface area (Å²) in [5, 5.41) is 4.95. The fraction of sp³-hybridized carbons (Fsp3) is 0.300. The molecule has 2 amide bonds. The highest BCUT2D eigenvalue weighted by Gasteiger charge is 2.17. The van der Waals surface area contributed by atoms with E-state index >= 15 is 0 Å². The lowest BCUT2D eigenvalue weighted by Gasteiger charge is -2.19. The summed E-state index contributed by atoms with van der Waals surface area (Å²) in [6.45, 7) is 5.17. The van der Waals surface area contributed by atoms with Crippen LogP contribution < -0.4 is 10.6 Å². The van der Waals surface area contributed by atoms with Crippen LogP contribution >= 0.6 is 11.8 Å². The van der Waals surface area contributed by atoms with Gasteiger partial charge in [0.1, 0.15) is 17.2 Å². The van der Waals surface area contributed by atoms with Crippen LogP contribution in [0.2, 0.25) is 0 Å². The lowest BCUT2D eigenvalue weighted by Crippen LogP contribution is -2.27. The quantitative estimate of drug-likeness (QED) is 0.625. The zero-order chi connectivity index (χ0) is 20.7. The summed E-state index contributed by atoms with van der Waals surface area (Å²) in [7, 11) is 0. The molecule has 8 heteroatoms. The predicted molar refractivity (Wildman–Crippen MR) is 107 cm³/mol. The van der Waals surface area contributed by atoms with Crippen LogP contribution in [0.15, 0.2) is 47.4 Å². The van der Waals surface area contributed by atoms with E-state index in [0.717, 1.165) is 6.07 Å². The molecule has 0 fully saturated rings. The van der Waals surface area contributed by atoms with E-state index in [1.165, 1.54) is 30.0 Å². The zero-order valence-electron chi connectivity index (χ0n) is 15.8. The van der Waals surface area contributed by atoms with Gasteiger partial charge in [0, 0.05) is 22.8 Å². The van der Waals surface area contributed by atoms with Crippen molar-refractivity contribution in [3.63, 3.8) is 0 Å². The van der Waals surface area contributed by atoms with Crippen LogP contribution in [-0.2, 0) is 9.53 Å². The Hall–Kier alpha value is -2.61. The summed E-state index contributed by atoms with van der Waals surface area (Å²) in [4.78, 5) is 24.3. The Bertz CT molecular complexity index is 854. The summed E-state index contributed by atoms with van der Waals surface area (Å²) in [6, 6.07) is 10.1. The molecule has 150 valence electrons. The molecule has 0 aliphatic rings. The van der Waals surface area contributed by atoms with Crippen LogP contribution in [0.3, 0.4) is 0 Å². The van der Waals surface area contributed by atoms with Crippen molar-refractivity contribution >= 4 is 35.1 Å². The number of rotatable bonds is 6. The third-order valence-corrected chi connectivity index (χ3v) is 4.36. The monoisotopic (exact) mass is 408 g/mol. The van der Waals surface area contributed by atoms with E-state index in [-0.39, 0.29) is 23.6 Å². The largest absolute Gasteiger partial charge is 0.444 e. The molecule has 0 spiro atoms. The average Bonchev–Trinajstić information content (AvgIpc) is 2.58. The first-order valence-corrected chi connectivity index (χ1v) is 9.59. The van der Waals surface area contributed by atoms with Gasteiger partial charge in [-0.15, -0.1) is 11.8 Å². The number of hydrogen-bond acceptors (Lipinski definition) is 4. The van der Waals surface area contributed by atoms with Crippen LogP contribution in [0.1, 0.15) is 27.2 Å². The Morgan fingerprint density at radius 2 is 1.75 bits per heavy atom. The second-order valence-electron chi connectivity index (χ2n) is 6.90. The molecular formula is C20H22F2N2O3S. The van der Waals surface area contributed by atoms with Crippen molar-refractivity contribution in [3.05, 3.63) is 54.1 Å². The highest BCUT2D eigenvalue weighted by atomic mass is 32.2. The zero-order valence-corrected chi connectivity index (χ0v) is 16.7. The molecule has 2 aromatic carbocycles. The number of nitrogens with one attached hydrogen (secondary N) is 2. The molecule has 2 rings (SSSR count). The van der Waals surface area contributed by atoms with Gasteiger partial charge in [-0.25, -0.2) is 13.6 Å². The summed E-state index contributed by atoms with van der Waals surface area (Å²) in [5.74, 6) is -1.06. The van der Waals surface area contributed by atoms with Gasteiger partial charge in [0.15, 0.2) is 0 Å². The average molecular weight is 408 g/mol. The molecule has 28 heavy (non-hydrogen) atoms. The molecule has 2 N–H and O–H groups in total. The van der Waals surface area contributed by atoms with Gasteiger partial charge in [-0.05, 0) is 51.1 Å². The van der Waals surface area contributed by atoms with E-state index in [1.54, 1.807) is 39.0 Å². The standard InChI is InChI=1S/C20H22F2N2O3S/c1-20(2,3)27-19(26)23-13-8-9-14(21)16(12-13)24-18(25)10-11-28-17-7-5-4-6-15(17)22/h4-9,12H,10-11H2,1-3H3,(H,23,26)(H,24,25). The van der Waals surface area contributed by atoms with Gasteiger partial charge in [-0.3, -0.25) is 10.1 Å². The highest BCUT2D eigenvalue weighted by Crippen LogP contribution is 2.23. The predicted octanol–water partition coefficient (Wildman–Crippen LogP) is 5.43. The molecule has 5 nitrogen and oxygen atoms in total. The number of hydrogen-bond donors (Lipinski definition) is 2. The van der Waals surface area contributed by atoms with Crippen LogP contribution in [0.5, 0.6) is 0 Å². The van der Waals surface area contributed by atoms with Crippen LogP contribution in [0.4, 0.5) is 25.0 Å². The number of halogens is 2.